The predicted octanol–water partition coefficient (Wildman–Crippen LogP) is 13.8. The largest absolute Gasteiger partial charge is 0.497 e. The summed E-state index contributed by atoms with van der Waals surface area (Å²) in [5, 5.41) is 0.301. The van der Waals surface area contributed by atoms with Crippen LogP contribution in [0, 0.1) is 0 Å². The number of benzene rings is 1. The van der Waals surface area contributed by atoms with Crippen LogP contribution < -0.4 is 4.74 Å². The van der Waals surface area contributed by atoms with Gasteiger partial charge in [0.15, 0.2) is 8.32 Å². The first-order chi connectivity index (χ1) is 21.7. The van der Waals surface area contributed by atoms with Crippen LogP contribution in [0.25, 0.3) is 0 Å². The van der Waals surface area contributed by atoms with Crippen molar-refractivity contribution >= 4 is 8.32 Å². The standard InChI is InChI=1S/C41H76O3Si/c1-8-9-10-11-21-24-27-30-40(44-45(6,7)41(2,3)4)31-28-25-22-19-17-15-13-12-14-16-18-20-23-26-29-36-43-37-38-32-34-39(42-5)35-33-38/h14,16,32-35,40H,8-13,15,17-31,36-37H2,1-7H3/b16-14-. The third-order valence-corrected chi connectivity index (χ3v) is 14.3. The first-order valence-corrected chi connectivity index (χ1v) is 22.1. The lowest BCUT2D eigenvalue weighted by atomic mass is 10.0. The van der Waals surface area contributed by atoms with Gasteiger partial charge in [-0.05, 0) is 80.8 Å². The highest BCUT2D eigenvalue weighted by molar-refractivity contribution is 6.74. The molecule has 0 aliphatic carbocycles. The van der Waals surface area contributed by atoms with Crippen molar-refractivity contribution in [2.24, 2.45) is 0 Å². The number of allylic oxidation sites excluding steroid dienone is 2. The maximum Gasteiger partial charge on any atom is 0.192 e. The van der Waals surface area contributed by atoms with Gasteiger partial charge in [0.2, 0.25) is 0 Å². The monoisotopic (exact) mass is 645 g/mol. The van der Waals surface area contributed by atoms with Crippen molar-refractivity contribution in [3.63, 3.8) is 0 Å². The zero-order valence-electron chi connectivity index (χ0n) is 31.2. The van der Waals surface area contributed by atoms with E-state index in [2.05, 4.69) is 65.1 Å². The fourth-order valence-corrected chi connectivity index (χ4v) is 7.09. The fraction of sp³-hybridized carbons (Fsp3) is 0.805. The second-order valence-corrected chi connectivity index (χ2v) is 19.8. The zero-order valence-corrected chi connectivity index (χ0v) is 32.2. The van der Waals surface area contributed by atoms with Crippen LogP contribution in [0.2, 0.25) is 18.1 Å². The smallest absolute Gasteiger partial charge is 0.192 e. The van der Waals surface area contributed by atoms with E-state index in [1.165, 1.54) is 140 Å². The van der Waals surface area contributed by atoms with Gasteiger partial charge >= 0.3 is 0 Å². The minimum atomic E-state index is -1.69. The molecule has 4 heteroatoms. The molecule has 1 aromatic carbocycles. The Morgan fingerprint density at radius 1 is 0.644 bits per heavy atom. The van der Waals surface area contributed by atoms with E-state index in [4.69, 9.17) is 13.9 Å². The Bertz CT molecular complexity index is 811. The summed E-state index contributed by atoms with van der Waals surface area (Å²) < 4.78 is 17.9. The summed E-state index contributed by atoms with van der Waals surface area (Å²) in [4.78, 5) is 0. The molecule has 0 aliphatic rings. The normalized spacial score (nSPS) is 13.1. The van der Waals surface area contributed by atoms with Crippen molar-refractivity contribution in [2.45, 2.75) is 200 Å². The van der Waals surface area contributed by atoms with Crippen molar-refractivity contribution in [3.8, 4) is 5.75 Å². The maximum absolute atomic E-state index is 6.92. The molecule has 1 unspecified atom stereocenters. The summed E-state index contributed by atoms with van der Waals surface area (Å²) in [6.07, 6.45) is 34.7. The number of rotatable bonds is 30. The van der Waals surface area contributed by atoms with E-state index < -0.39 is 8.32 Å². The highest BCUT2D eigenvalue weighted by Gasteiger charge is 2.38. The van der Waals surface area contributed by atoms with Crippen LogP contribution in [0.3, 0.4) is 0 Å². The molecule has 0 aromatic heterocycles. The topological polar surface area (TPSA) is 27.7 Å². The Kier molecular flexibility index (Phi) is 25.1. The Balaban J connectivity index is 2.00. The minimum absolute atomic E-state index is 0.301. The number of methoxy groups -OCH3 is 1. The Morgan fingerprint density at radius 2 is 1.11 bits per heavy atom. The molecule has 0 saturated heterocycles. The van der Waals surface area contributed by atoms with Crippen LogP contribution in [-0.4, -0.2) is 28.1 Å². The van der Waals surface area contributed by atoms with Crippen molar-refractivity contribution in [2.75, 3.05) is 13.7 Å². The van der Waals surface area contributed by atoms with Crippen LogP contribution >= 0.6 is 0 Å². The van der Waals surface area contributed by atoms with E-state index in [0.717, 1.165) is 18.8 Å². The quantitative estimate of drug-likeness (QED) is 0.0474. The Hall–Kier alpha value is -1.10. The van der Waals surface area contributed by atoms with Crippen LogP contribution in [0.1, 0.15) is 175 Å². The summed E-state index contributed by atoms with van der Waals surface area (Å²) in [5.74, 6) is 0.898. The molecule has 45 heavy (non-hydrogen) atoms. The van der Waals surface area contributed by atoms with Gasteiger partial charge in [-0.1, -0.05) is 148 Å². The third-order valence-electron chi connectivity index (χ3n) is 9.80. The summed E-state index contributed by atoms with van der Waals surface area (Å²) in [7, 11) is 0.00603. The number of hydrogen-bond acceptors (Lipinski definition) is 3. The SMILES string of the molecule is CCCCCCCCCC(CCCCCCCCC/C=C\CCCCCCOCc1ccc(OC)cc1)O[Si](C)(C)C(C)(C)C. The first kappa shape index (κ1) is 41.9. The van der Waals surface area contributed by atoms with Crippen LogP contribution in [0.15, 0.2) is 36.4 Å². The molecule has 0 N–H and O–H groups in total. The van der Waals surface area contributed by atoms with Crippen LogP contribution in [-0.2, 0) is 15.8 Å². The van der Waals surface area contributed by atoms with E-state index in [0.29, 0.717) is 17.7 Å². The van der Waals surface area contributed by atoms with Crippen LogP contribution in [0.4, 0.5) is 0 Å². The van der Waals surface area contributed by atoms with Gasteiger partial charge in [0.1, 0.15) is 5.75 Å². The minimum Gasteiger partial charge on any atom is -0.497 e. The Morgan fingerprint density at radius 3 is 1.60 bits per heavy atom. The molecule has 0 spiro atoms. The molecule has 1 rings (SSSR count). The molecule has 0 bridgehead atoms. The van der Waals surface area contributed by atoms with Crippen molar-refractivity contribution in [3.05, 3.63) is 42.0 Å². The van der Waals surface area contributed by atoms with Gasteiger partial charge in [-0.3, -0.25) is 0 Å². The molecular formula is C41H76O3Si. The van der Waals surface area contributed by atoms with Gasteiger partial charge in [0.05, 0.1) is 13.7 Å². The van der Waals surface area contributed by atoms with Gasteiger partial charge < -0.3 is 13.9 Å². The fourth-order valence-electron chi connectivity index (χ4n) is 5.67. The number of unbranched alkanes of at least 4 members (excludes halogenated alkanes) is 17. The van der Waals surface area contributed by atoms with E-state index >= 15 is 0 Å². The van der Waals surface area contributed by atoms with Crippen molar-refractivity contribution in [1.82, 2.24) is 0 Å². The highest BCUT2D eigenvalue weighted by Crippen LogP contribution is 2.38. The molecule has 1 aromatic rings. The summed E-state index contributed by atoms with van der Waals surface area (Å²) in [5.41, 5.74) is 1.21. The lowest BCUT2D eigenvalue weighted by Gasteiger charge is -2.39. The zero-order chi connectivity index (χ0) is 33.1. The average molecular weight is 645 g/mol. The molecule has 0 heterocycles. The van der Waals surface area contributed by atoms with E-state index in [1.54, 1.807) is 7.11 Å². The molecule has 0 fully saturated rings. The second kappa shape index (κ2) is 26.9. The predicted molar refractivity (Wildman–Crippen MR) is 201 cm³/mol. The maximum atomic E-state index is 6.92. The molecule has 1 atom stereocenters. The van der Waals surface area contributed by atoms with E-state index in [1.807, 2.05) is 12.1 Å². The highest BCUT2D eigenvalue weighted by atomic mass is 28.4. The lowest BCUT2D eigenvalue weighted by Crippen LogP contribution is -2.44. The van der Waals surface area contributed by atoms with Gasteiger partial charge in [-0.25, -0.2) is 0 Å². The van der Waals surface area contributed by atoms with Gasteiger partial charge in [0, 0.05) is 12.7 Å². The van der Waals surface area contributed by atoms with E-state index in [9.17, 15) is 0 Å². The molecule has 0 aliphatic heterocycles. The third kappa shape index (κ3) is 23.0. The average Bonchev–Trinajstić information content (AvgIpc) is 3.01. The van der Waals surface area contributed by atoms with Gasteiger partial charge in [-0.15, -0.1) is 0 Å². The molecule has 0 amide bonds. The number of ether oxygens (including phenoxy) is 2. The molecular weight excluding hydrogens is 569 g/mol. The Labute approximate surface area is 282 Å². The van der Waals surface area contributed by atoms with Gasteiger partial charge in [0.25, 0.3) is 0 Å². The lowest BCUT2D eigenvalue weighted by molar-refractivity contribution is 0.116. The van der Waals surface area contributed by atoms with Gasteiger partial charge in [-0.2, -0.15) is 0 Å². The summed E-state index contributed by atoms with van der Waals surface area (Å²) in [6.45, 7) is 15.9. The first-order valence-electron chi connectivity index (χ1n) is 19.2. The molecule has 0 radical (unpaired) electrons. The molecule has 262 valence electrons. The number of hydrogen-bond donors (Lipinski definition) is 0. The molecule has 0 saturated carbocycles. The molecule has 3 nitrogen and oxygen atoms in total. The summed E-state index contributed by atoms with van der Waals surface area (Å²) in [6, 6.07) is 8.14. The van der Waals surface area contributed by atoms with Crippen molar-refractivity contribution in [1.29, 1.82) is 0 Å². The van der Waals surface area contributed by atoms with Crippen molar-refractivity contribution < 1.29 is 13.9 Å². The van der Waals surface area contributed by atoms with E-state index in [-0.39, 0.29) is 0 Å². The summed E-state index contributed by atoms with van der Waals surface area (Å²) >= 11 is 0. The van der Waals surface area contributed by atoms with Crippen LogP contribution in [0.5, 0.6) is 5.75 Å². The second-order valence-electron chi connectivity index (χ2n) is 15.0.